The summed E-state index contributed by atoms with van der Waals surface area (Å²) in [4.78, 5) is 12.5. The summed E-state index contributed by atoms with van der Waals surface area (Å²) in [6.07, 6.45) is 0.591. The van der Waals surface area contributed by atoms with Crippen LogP contribution >= 0.6 is 11.3 Å². The third-order valence-electron chi connectivity index (χ3n) is 2.93. The van der Waals surface area contributed by atoms with E-state index in [1.165, 1.54) is 28.2 Å². The number of aryl methyl sites for hydroxylation is 1. The molecule has 0 N–H and O–H groups in total. The number of benzene rings is 1. The summed E-state index contributed by atoms with van der Waals surface area (Å²) in [5, 5.41) is 6.04. The van der Waals surface area contributed by atoms with Crippen LogP contribution in [0.4, 0.5) is 4.39 Å². The van der Waals surface area contributed by atoms with Gasteiger partial charge >= 0.3 is 5.76 Å². The molecule has 0 unspecified atom stereocenters. The van der Waals surface area contributed by atoms with E-state index >= 15 is 0 Å². The molecular formula is C15H13FN2O3S. The van der Waals surface area contributed by atoms with Crippen molar-refractivity contribution >= 4 is 11.3 Å². The predicted molar refractivity (Wildman–Crippen MR) is 80.6 cm³/mol. The van der Waals surface area contributed by atoms with Gasteiger partial charge in [0.05, 0.1) is 18.0 Å². The summed E-state index contributed by atoms with van der Waals surface area (Å²) in [5.74, 6) is 0.139. The highest BCUT2D eigenvalue weighted by molar-refractivity contribution is 7.13. The maximum atomic E-state index is 12.7. The molecule has 0 radical (unpaired) electrons. The van der Waals surface area contributed by atoms with Gasteiger partial charge in [-0.2, -0.15) is 4.68 Å². The van der Waals surface area contributed by atoms with Gasteiger partial charge in [0.2, 0.25) is 0 Å². The first kappa shape index (κ1) is 14.5. The fraction of sp³-hybridized carbons (Fsp3) is 0.200. The molecule has 114 valence electrons. The maximum Gasteiger partial charge on any atom is 0.437 e. The molecular weight excluding hydrogens is 307 g/mol. The predicted octanol–water partition coefficient (Wildman–Crippen LogP) is 3.17. The van der Waals surface area contributed by atoms with Crippen molar-refractivity contribution in [1.82, 2.24) is 9.78 Å². The highest BCUT2D eigenvalue weighted by atomic mass is 32.1. The van der Waals surface area contributed by atoms with Crippen LogP contribution in [0, 0.1) is 5.82 Å². The van der Waals surface area contributed by atoms with Crippen LogP contribution in [0.3, 0.4) is 0 Å². The fourth-order valence-electron chi connectivity index (χ4n) is 1.88. The number of rotatable bonds is 6. The second kappa shape index (κ2) is 6.57. The first-order valence-electron chi connectivity index (χ1n) is 6.72. The molecule has 0 saturated carbocycles. The molecule has 3 aromatic rings. The number of aromatic nitrogens is 2. The summed E-state index contributed by atoms with van der Waals surface area (Å²) >= 11 is 1.46. The molecule has 0 atom stereocenters. The normalized spacial score (nSPS) is 10.8. The molecule has 5 nitrogen and oxygen atoms in total. The number of hydrogen-bond acceptors (Lipinski definition) is 5. The molecule has 2 heterocycles. The number of halogens is 1. The third-order valence-corrected chi connectivity index (χ3v) is 3.79. The van der Waals surface area contributed by atoms with Gasteiger partial charge in [0.1, 0.15) is 11.6 Å². The number of hydrogen-bond donors (Lipinski definition) is 0. The van der Waals surface area contributed by atoms with Gasteiger partial charge in [-0.05, 0) is 35.7 Å². The topological polar surface area (TPSA) is 57.3 Å². The molecule has 0 aliphatic rings. The quantitative estimate of drug-likeness (QED) is 0.655. The van der Waals surface area contributed by atoms with Crippen molar-refractivity contribution in [2.45, 2.75) is 13.0 Å². The van der Waals surface area contributed by atoms with E-state index in [9.17, 15) is 9.18 Å². The molecule has 0 aliphatic carbocycles. The first-order chi connectivity index (χ1) is 10.7. The summed E-state index contributed by atoms with van der Waals surface area (Å²) in [6.45, 7) is 0.800. The maximum absolute atomic E-state index is 12.7. The molecule has 0 saturated heterocycles. The fourth-order valence-corrected chi connectivity index (χ4v) is 2.53. The standard InChI is InChI=1S/C15H13FN2O3S/c16-11-4-6-12(7-5-11)20-9-2-8-18-15(19)21-14(17-18)13-3-1-10-22-13/h1,3-7,10H,2,8-9H2. The Morgan fingerprint density at radius 2 is 2.09 bits per heavy atom. The number of nitrogens with zero attached hydrogens (tertiary/aromatic N) is 2. The highest BCUT2D eigenvalue weighted by Gasteiger charge is 2.10. The lowest BCUT2D eigenvalue weighted by molar-refractivity contribution is 0.295. The van der Waals surface area contributed by atoms with E-state index in [4.69, 9.17) is 9.15 Å². The third kappa shape index (κ3) is 3.43. The summed E-state index contributed by atoms with van der Waals surface area (Å²) in [6, 6.07) is 9.52. The molecule has 0 aliphatic heterocycles. The van der Waals surface area contributed by atoms with E-state index in [0.29, 0.717) is 31.2 Å². The van der Waals surface area contributed by atoms with Gasteiger partial charge in [0, 0.05) is 6.42 Å². The minimum Gasteiger partial charge on any atom is -0.494 e. The lowest BCUT2D eigenvalue weighted by Crippen LogP contribution is -2.17. The summed E-state index contributed by atoms with van der Waals surface area (Å²) in [5.41, 5.74) is 0. The van der Waals surface area contributed by atoms with E-state index in [1.54, 1.807) is 12.1 Å². The Morgan fingerprint density at radius 1 is 1.27 bits per heavy atom. The van der Waals surface area contributed by atoms with Crippen LogP contribution in [0.5, 0.6) is 5.75 Å². The Kier molecular flexibility index (Phi) is 4.34. The van der Waals surface area contributed by atoms with Crippen LogP contribution in [-0.4, -0.2) is 16.4 Å². The van der Waals surface area contributed by atoms with E-state index in [1.807, 2.05) is 17.5 Å². The van der Waals surface area contributed by atoms with Crippen molar-refractivity contribution in [3.05, 3.63) is 58.1 Å². The minimum atomic E-state index is -0.481. The molecule has 0 fully saturated rings. The van der Waals surface area contributed by atoms with Crippen molar-refractivity contribution in [3.63, 3.8) is 0 Å². The van der Waals surface area contributed by atoms with Gasteiger partial charge in [0.25, 0.3) is 5.89 Å². The zero-order valence-electron chi connectivity index (χ0n) is 11.6. The average molecular weight is 320 g/mol. The molecule has 22 heavy (non-hydrogen) atoms. The minimum absolute atomic E-state index is 0.303. The Morgan fingerprint density at radius 3 is 2.82 bits per heavy atom. The van der Waals surface area contributed by atoms with Crippen molar-refractivity contribution in [2.75, 3.05) is 6.61 Å². The SMILES string of the molecule is O=c1oc(-c2cccs2)nn1CCCOc1ccc(F)cc1. The Bertz CT molecular complexity index is 778. The van der Waals surface area contributed by atoms with Crippen LogP contribution in [-0.2, 0) is 6.54 Å². The zero-order chi connectivity index (χ0) is 15.4. The van der Waals surface area contributed by atoms with Crippen molar-refractivity contribution in [2.24, 2.45) is 0 Å². The summed E-state index contributed by atoms with van der Waals surface area (Å²) < 4.78 is 24.6. The van der Waals surface area contributed by atoms with E-state index in [0.717, 1.165) is 4.88 Å². The van der Waals surface area contributed by atoms with Crippen molar-refractivity contribution in [3.8, 4) is 16.5 Å². The van der Waals surface area contributed by atoms with Crippen LogP contribution < -0.4 is 10.5 Å². The second-order valence-electron chi connectivity index (χ2n) is 4.53. The van der Waals surface area contributed by atoms with Crippen LogP contribution in [0.1, 0.15) is 6.42 Å². The monoisotopic (exact) mass is 320 g/mol. The van der Waals surface area contributed by atoms with Crippen LogP contribution in [0.15, 0.2) is 51.0 Å². The first-order valence-corrected chi connectivity index (χ1v) is 7.60. The van der Waals surface area contributed by atoms with Crippen molar-refractivity contribution < 1.29 is 13.5 Å². The highest BCUT2D eigenvalue weighted by Crippen LogP contribution is 2.21. The smallest absolute Gasteiger partial charge is 0.437 e. The number of ether oxygens (including phenoxy) is 1. The van der Waals surface area contributed by atoms with E-state index in [-0.39, 0.29) is 5.82 Å². The van der Waals surface area contributed by atoms with Gasteiger partial charge in [0.15, 0.2) is 0 Å². The second-order valence-corrected chi connectivity index (χ2v) is 5.48. The van der Waals surface area contributed by atoms with Crippen LogP contribution in [0.25, 0.3) is 10.8 Å². The van der Waals surface area contributed by atoms with Gasteiger partial charge in [-0.25, -0.2) is 9.18 Å². The Balaban J connectivity index is 1.53. The molecule has 2 aromatic heterocycles. The average Bonchev–Trinajstić information content (AvgIpc) is 3.15. The Labute approximate surface area is 129 Å². The van der Waals surface area contributed by atoms with Gasteiger partial charge in [-0.3, -0.25) is 0 Å². The largest absolute Gasteiger partial charge is 0.494 e. The number of thiophene rings is 1. The lowest BCUT2D eigenvalue weighted by atomic mass is 10.3. The van der Waals surface area contributed by atoms with E-state index < -0.39 is 5.76 Å². The molecule has 0 amide bonds. The molecule has 7 heteroatoms. The summed E-state index contributed by atoms with van der Waals surface area (Å²) in [7, 11) is 0. The van der Waals surface area contributed by atoms with Gasteiger partial charge in [-0.15, -0.1) is 16.4 Å². The van der Waals surface area contributed by atoms with Gasteiger partial charge < -0.3 is 9.15 Å². The molecule has 3 rings (SSSR count). The van der Waals surface area contributed by atoms with E-state index in [2.05, 4.69) is 5.10 Å². The Hall–Kier alpha value is -2.41. The molecule has 1 aromatic carbocycles. The zero-order valence-corrected chi connectivity index (χ0v) is 12.4. The van der Waals surface area contributed by atoms with Gasteiger partial charge in [-0.1, -0.05) is 6.07 Å². The van der Waals surface area contributed by atoms with Crippen molar-refractivity contribution in [1.29, 1.82) is 0 Å². The molecule has 0 spiro atoms. The molecule has 0 bridgehead atoms. The lowest BCUT2D eigenvalue weighted by Gasteiger charge is -2.05. The van der Waals surface area contributed by atoms with Crippen LogP contribution in [0.2, 0.25) is 0 Å².